The second-order valence-corrected chi connectivity index (χ2v) is 6.17. The molecule has 4 rings (SSSR count). The smallest absolute Gasteiger partial charge is 0.379 e. The second kappa shape index (κ2) is 6.00. The molecule has 3 aromatic rings. The van der Waals surface area contributed by atoms with E-state index >= 15 is 0 Å². The third-order valence-electron chi connectivity index (χ3n) is 4.61. The minimum absolute atomic E-state index is 0.143. The van der Waals surface area contributed by atoms with E-state index < -0.39 is 23.3 Å². The standard InChI is InChI=1S/C20H16O6/c1-24-19(22)20(23)11-14(12-7-3-2-4-8-12)16-17(26-20)13-9-5-6-10-15(13)25-18(16)21/h2-10,14,23H,11H2,1H3/t14-,20+/m1/s1. The summed E-state index contributed by atoms with van der Waals surface area (Å²) < 4.78 is 15.8. The van der Waals surface area contributed by atoms with Crippen LogP contribution in [0.5, 0.6) is 5.75 Å². The van der Waals surface area contributed by atoms with Gasteiger partial charge in [0.2, 0.25) is 0 Å². The Balaban J connectivity index is 2.02. The molecule has 0 aliphatic carbocycles. The maximum Gasteiger partial charge on any atom is 0.379 e. The van der Waals surface area contributed by atoms with E-state index in [2.05, 4.69) is 0 Å². The zero-order valence-electron chi connectivity index (χ0n) is 14.0. The summed E-state index contributed by atoms with van der Waals surface area (Å²) in [5.74, 6) is -3.55. The summed E-state index contributed by atoms with van der Waals surface area (Å²) in [7, 11) is 1.17. The van der Waals surface area contributed by atoms with Crippen LogP contribution in [0.1, 0.15) is 23.5 Å². The lowest BCUT2D eigenvalue weighted by Gasteiger charge is -2.36. The molecule has 2 aromatic carbocycles. The Morgan fingerprint density at radius 2 is 1.85 bits per heavy atom. The van der Waals surface area contributed by atoms with Gasteiger partial charge in [-0.2, -0.15) is 0 Å². The molecule has 6 nitrogen and oxygen atoms in total. The SMILES string of the molecule is COC(=O)[C@]1(O)C[C@H](c2ccccc2)c2c(c3ccccc3oc2=O)O1. The molecule has 0 amide bonds. The van der Waals surface area contributed by atoms with Gasteiger partial charge in [-0.1, -0.05) is 42.5 Å². The largest absolute Gasteiger partial charge is 0.464 e. The molecular formula is C20H16O6. The molecule has 1 aliphatic rings. The average Bonchev–Trinajstić information content (AvgIpc) is 2.67. The summed E-state index contributed by atoms with van der Waals surface area (Å²) >= 11 is 0. The van der Waals surface area contributed by atoms with Crippen LogP contribution in [-0.2, 0) is 9.53 Å². The first kappa shape index (κ1) is 16.4. The molecular weight excluding hydrogens is 336 g/mol. The van der Waals surface area contributed by atoms with E-state index in [1.54, 1.807) is 24.3 Å². The summed E-state index contributed by atoms with van der Waals surface area (Å²) in [6, 6.07) is 16.0. The summed E-state index contributed by atoms with van der Waals surface area (Å²) in [4.78, 5) is 24.9. The third-order valence-corrected chi connectivity index (χ3v) is 4.61. The van der Waals surface area contributed by atoms with Crippen LogP contribution in [0.3, 0.4) is 0 Å². The van der Waals surface area contributed by atoms with Crippen molar-refractivity contribution in [3.8, 4) is 5.75 Å². The lowest BCUT2D eigenvalue weighted by molar-refractivity contribution is -0.202. The van der Waals surface area contributed by atoms with Gasteiger partial charge in [0, 0.05) is 12.3 Å². The zero-order valence-corrected chi connectivity index (χ0v) is 14.0. The van der Waals surface area contributed by atoms with Crippen LogP contribution < -0.4 is 10.4 Å². The highest BCUT2D eigenvalue weighted by atomic mass is 16.7. The van der Waals surface area contributed by atoms with E-state index in [0.29, 0.717) is 11.0 Å². The fourth-order valence-corrected chi connectivity index (χ4v) is 3.39. The molecule has 2 heterocycles. The molecule has 6 heteroatoms. The fourth-order valence-electron chi connectivity index (χ4n) is 3.39. The molecule has 0 bridgehead atoms. The van der Waals surface area contributed by atoms with Crippen molar-refractivity contribution in [3.63, 3.8) is 0 Å². The quantitative estimate of drug-likeness (QED) is 0.563. The molecule has 1 aliphatic heterocycles. The van der Waals surface area contributed by atoms with Gasteiger partial charge >= 0.3 is 17.4 Å². The lowest BCUT2D eigenvalue weighted by Crippen LogP contribution is -2.50. The van der Waals surface area contributed by atoms with E-state index in [1.165, 1.54) is 7.11 Å². The van der Waals surface area contributed by atoms with Gasteiger partial charge in [-0.3, -0.25) is 0 Å². The third kappa shape index (κ3) is 2.46. The molecule has 0 unspecified atom stereocenters. The van der Waals surface area contributed by atoms with E-state index in [1.807, 2.05) is 30.3 Å². The first-order chi connectivity index (χ1) is 12.5. The summed E-state index contributed by atoms with van der Waals surface area (Å²) in [6.45, 7) is 0. The number of carbonyl (C=O) groups excluding carboxylic acids is 1. The predicted octanol–water partition coefficient (Wildman–Crippen LogP) is 2.57. The van der Waals surface area contributed by atoms with Crippen molar-refractivity contribution in [2.75, 3.05) is 7.11 Å². The van der Waals surface area contributed by atoms with E-state index in [4.69, 9.17) is 13.9 Å². The number of para-hydroxylation sites is 1. The number of aliphatic hydroxyl groups is 1. The molecule has 0 fully saturated rings. The Kier molecular flexibility index (Phi) is 3.77. The number of hydrogen-bond donors (Lipinski definition) is 1. The van der Waals surface area contributed by atoms with Crippen molar-refractivity contribution in [3.05, 3.63) is 76.1 Å². The number of ether oxygens (including phenoxy) is 2. The Morgan fingerprint density at radius 3 is 2.58 bits per heavy atom. The zero-order chi connectivity index (χ0) is 18.3. The minimum atomic E-state index is -2.20. The topological polar surface area (TPSA) is 86.0 Å². The van der Waals surface area contributed by atoms with Crippen LogP contribution in [0.4, 0.5) is 0 Å². The highest BCUT2D eigenvalue weighted by Crippen LogP contribution is 2.45. The number of benzene rings is 2. The second-order valence-electron chi connectivity index (χ2n) is 6.17. The van der Waals surface area contributed by atoms with Crippen molar-refractivity contribution < 1.29 is 23.8 Å². The molecule has 1 N–H and O–H groups in total. The van der Waals surface area contributed by atoms with Gasteiger partial charge in [0.25, 0.3) is 0 Å². The molecule has 132 valence electrons. The Bertz CT molecular complexity index is 1040. The van der Waals surface area contributed by atoms with Crippen molar-refractivity contribution in [1.29, 1.82) is 0 Å². The van der Waals surface area contributed by atoms with Gasteiger partial charge in [-0.25, -0.2) is 9.59 Å². The monoisotopic (exact) mass is 352 g/mol. The van der Waals surface area contributed by atoms with Crippen molar-refractivity contribution in [2.24, 2.45) is 0 Å². The van der Waals surface area contributed by atoms with Crippen LogP contribution >= 0.6 is 0 Å². The number of carbonyl (C=O) groups is 1. The summed E-state index contributed by atoms with van der Waals surface area (Å²) in [6.07, 6.45) is -0.153. The van der Waals surface area contributed by atoms with Gasteiger partial charge in [0.1, 0.15) is 11.3 Å². The van der Waals surface area contributed by atoms with Gasteiger partial charge in [0.05, 0.1) is 18.1 Å². The van der Waals surface area contributed by atoms with Gasteiger partial charge in [0.15, 0.2) is 0 Å². The van der Waals surface area contributed by atoms with E-state index in [-0.39, 0.29) is 17.7 Å². The van der Waals surface area contributed by atoms with E-state index in [9.17, 15) is 14.7 Å². The normalized spacial score (nSPS) is 21.7. The van der Waals surface area contributed by atoms with Crippen molar-refractivity contribution in [1.82, 2.24) is 0 Å². The lowest BCUT2D eigenvalue weighted by atomic mass is 9.83. The molecule has 2 atom stereocenters. The number of hydrogen-bond acceptors (Lipinski definition) is 6. The molecule has 0 saturated carbocycles. The maximum atomic E-state index is 12.7. The molecule has 1 aromatic heterocycles. The Labute approximate surface area is 148 Å². The van der Waals surface area contributed by atoms with Crippen LogP contribution in [-0.4, -0.2) is 24.0 Å². The molecule has 0 spiro atoms. The highest BCUT2D eigenvalue weighted by molar-refractivity contribution is 5.87. The number of fused-ring (bicyclic) bond motifs is 3. The Morgan fingerprint density at radius 1 is 1.15 bits per heavy atom. The van der Waals surface area contributed by atoms with Gasteiger partial charge in [-0.05, 0) is 17.7 Å². The van der Waals surface area contributed by atoms with Crippen LogP contribution in [0, 0.1) is 0 Å². The minimum Gasteiger partial charge on any atom is -0.464 e. The van der Waals surface area contributed by atoms with Crippen LogP contribution in [0.15, 0.2) is 63.8 Å². The van der Waals surface area contributed by atoms with Crippen molar-refractivity contribution in [2.45, 2.75) is 18.1 Å². The van der Waals surface area contributed by atoms with Gasteiger partial charge in [-0.15, -0.1) is 0 Å². The number of rotatable bonds is 2. The number of methoxy groups -OCH3 is 1. The molecule has 0 radical (unpaired) electrons. The first-order valence-corrected chi connectivity index (χ1v) is 8.14. The average molecular weight is 352 g/mol. The molecule has 26 heavy (non-hydrogen) atoms. The van der Waals surface area contributed by atoms with E-state index in [0.717, 1.165) is 5.56 Å². The Hall–Kier alpha value is -3.12. The fraction of sp³-hybridized carbons (Fsp3) is 0.200. The van der Waals surface area contributed by atoms with Crippen LogP contribution in [0.25, 0.3) is 11.0 Å². The maximum absolute atomic E-state index is 12.7. The molecule has 0 saturated heterocycles. The van der Waals surface area contributed by atoms with Crippen LogP contribution in [0.2, 0.25) is 0 Å². The first-order valence-electron chi connectivity index (χ1n) is 8.14. The predicted molar refractivity (Wildman–Crippen MR) is 93.0 cm³/mol. The summed E-state index contributed by atoms with van der Waals surface area (Å²) in [5, 5.41) is 11.3. The van der Waals surface area contributed by atoms with Gasteiger partial charge < -0.3 is 19.0 Å². The summed E-state index contributed by atoms with van der Waals surface area (Å²) in [5.41, 5.74) is 0.807. The number of esters is 1. The highest BCUT2D eigenvalue weighted by Gasteiger charge is 2.49. The van der Waals surface area contributed by atoms with Crippen molar-refractivity contribution >= 4 is 16.9 Å².